The topological polar surface area (TPSA) is 50.2 Å². The SMILES string of the molecule is CCc1nccn1C1CCCN(C(=O)C2CCNC2)C1. The van der Waals surface area contributed by atoms with Gasteiger partial charge in [-0.1, -0.05) is 6.92 Å². The van der Waals surface area contributed by atoms with Crippen LogP contribution in [0, 0.1) is 5.92 Å². The third-order valence-electron chi connectivity index (χ3n) is 4.58. The van der Waals surface area contributed by atoms with Crippen molar-refractivity contribution in [1.82, 2.24) is 19.8 Å². The Kier molecular flexibility index (Phi) is 4.05. The van der Waals surface area contributed by atoms with Crippen LogP contribution in [-0.4, -0.2) is 46.5 Å². The number of likely N-dealkylation sites (tertiary alicyclic amines) is 1. The Morgan fingerprint density at radius 3 is 3.15 bits per heavy atom. The van der Waals surface area contributed by atoms with Gasteiger partial charge in [0.2, 0.25) is 5.91 Å². The van der Waals surface area contributed by atoms with Gasteiger partial charge in [-0.2, -0.15) is 0 Å². The third-order valence-corrected chi connectivity index (χ3v) is 4.58. The van der Waals surface area contributed by atoms with Crippen LogP contribution in [-0.2, 0) is 11.2 Å². The first kappa shape index (κ1) is 13.6. The van der Waals surface area contributed by atoms with E-state index in [1.54, 1.807) is 0 Å². The zero-order valence-corrected chi connectivity index (χ0v) is 12.2. The Bertz CT molecular complexity index is 464. The maximum Gasteiger partial charge on any atom is 0.227 e. The normalized spacial score (nSPS) is 26.9. The van der Waals surface area contributed by atoms with Crippen LogP contribution in [0.3, 0.4) is 0 Å². The molecule has 0 bridgehead atoms. The molecule has 3 rings (SSSR count). The van der Waals surface area contributed by atoms with E-state index in [1.165, 1.54) is 0 Å². The zero-order chi connectivity index (χ0) is 13.9. The predicted octanol–water partition coefficient (Wildman–Crippen LogP) is 1.22. The molecule has 2 saturated heterocycles. The first-order valence-electron chi connectivity index (χ1n) is 7.80. The van der Waals surface area contributed by atoms with Gasteiger partial charge in [-0.3, -0.25) is 4.79 Å². The van der Waals surface area contributed by atoms with Gasteiger partial charge in [-0.05, 0) is 25.8 Å². The molecule has 20 heavy (non-hydrogen) atoms. The van der Waals surface area contributed by atoms with E-state index in [0.717, 1.165) is 57.7 Å². The summed E-state index contributed by atoms with van der Waals surface area (Å²) in [6, 6.07) is 0.402. The molecule has 1 aromatic heterocycles. The fourth-order valence-corrected chi connectivity index (χ4v) is 3.46. The first-order valence-corrected chi connectivity index (χ1v) is 7.80. The average Bonchev–Trinajstić information content (AvgIpc) is 3.17. The molecule has 0 aliphatic carbocycles. The van der Waals surface area contributed by atoms with Crippen molar-refractivity contribution < 1.29 is 4.79 Å². The van der Waals surface area contributed by atoms with Crippen LogP contribution in [0.25, 0.3) is 0 Å². The van der Waals surface area contributed by atoms with Crippen LogP contribution < -0.4 is 5.32 Å². The van der Waals surface area contributed by atoms with Gasteiger partial charge in [0, 0.05) is 38.4 Å². The quantitative estimate of drug-likeness (QED) is 0.903. The van der Waals surface area contributed by atoms with Crippen molar-refractivity contribution in [2.45, 2.75) is 38.6 Å². The molecule has 110 valence electrons. The molecule has 1 N–H and O–H groups in total. The molecule has 0 radical (unpaired) electrons. The van der Waals surface area contributed by atoms with E-state index in [9.17, 15) is 4.79 Å². The molecule has 2 atom stereocenters. The van der Waals surface area contributed by atoms with Gasteiger partial charge in [-0.25, -0.2) is 4.98 Å². The van der Waals surface area contributed by atoms with Crippen LogP contribution in [0.1, 0.15) is 38.1 Å². The summed E-state index contributed by atoms with van der Waals surface area (Å²) < 4.78 is 2.27. The molecule has 2 unspecified atom stereocenters. The summed E-state index contributed by atoms with van der Waals surface area (Å²) >= 11 is 0. The number of nitrogens with one attached hydrogen (secondary N) is 1. The second-order valence-electron chi connectivity index (χ2n) is 5.87. The Hall–Kier alpha value is -1.36. The van der Waals surface area contributed by atoms with Crippen molar-refractivity contribution in [2.24, 2.45) is 5.92 Å². The van der Waals surface area contributed by atoms with Gasteiger partial charge >= 0.3 is 0 Å². The minimum atomic E-state index is 0.196. The molecule has 5 nitrogen and oxygen atoms in total. The maximum absolute atomic E-state index is 12.5. The number of carbonyl (C=O) groups excluding carboxylic acids is 1. The minimum absolute atomic E-state index is 0.196. The number of rotatable bonds is 3. The molecule has 2 fully saturated rings. The van der Waals surface area contributed by atoms with E-state index >= 15 is 0 Å². The van der Waals surface area contributed by atoms with Crippen LogP contribution in [0.2, 0.25) is 0 Å². The summed E-state index contributed by atoms with van der Waals surface area (Å²) in [5.41, 5.74) is 0. The van der Waals surface area contributed by atoms with Crippen molar-refractivity contribution in [2.75, 3.05) is 26.2 Å². The van der Waals surface area contributed by atoms with Gasteiger partial charge in [0.25, 0.3) is 0 Å². The van der Waals surface area contributed by atoms with Crippen molar-refractivity contribution in [3.8, 4) is 0 Å². The summed E-state index contributed by atoms with van der Waals surface area (Å²) in [6.07, 6.45) is 8.12. The highest BCUT2D eigenvalue weighted by Crippen LogP contribution is 2.25. The van der Waals surface area contributed by atoms with Gasteiger partial charge in [0.1, 0.15) is 5.82 Å². The summed E-state index contributed by atoms with van der Waals surface area (Å²) in [6.45, 7) is 5.73. The Morgan fingerprint density at radius 1 is 1.50 bits per heavy atom. The number of carbonyl (C=O) groups is 1. The second-order valence-corrected chi connectivity index (χ2v) is 5.87. The number of nitrogens with zero attached hydrogens (tertiary/aromatic N) is 3. The lowest BCUT2D eigenvalue weighted by Gasteiger charge is -2.35. The lowest BCUT2D eigenvalue weighted by atomic mass is 10.0. The number of aryl methyl sites for hydroxylation is 1. The van der Waals surface area contributed by atoms with E-state index < -0.39 is 0 Å². The monoisotopic (exact) mass is 276 g/mol. The standard InChI is InChI=1S/C15H24N4O/c1-2-14-17-7-9-19(14)13-4-3-8-18(11-13)15(20)12-5-6-16-10-12/h7,9,12-13,16H,2-6,8,10-11H2,1H3. The van der Waals surface area contributed by atoms with Gasteiger partial charge in [-0.15, -0.1) is 0 Å². The molecule has 1 amide bonds. The fraction of sp³-hybridized carbons (Fsp3) is 0.733. The van der Waals surface area contributed by atoms with Crippen molar-refractivity contribution in [1.29, 1.82) is 0 Å². The van der Waals surface area contributed by atoms with E-state index in [-0.39, 0.29) is 5.92 Å². The highest BCUT2D eigenvalue weighted by Gasteiger charge is 2.31. The zero-order valence-electron chi connectivity index (χ0n) is 12.2. The maximum atomic E-state index is 12.5. The molecule has 1 aromatic rings. The molecular formula is C15H24N4O. The molecule has 3 heterocycles. The summed E-state index contributed by atoms with van der Waals surface area (Å²) in [5, 5.41) is 3.29. The molecule has 2 aliphatic heterocycles. The highest BCUT2D eigenvalue weighted by atomic mass is 16.2. The summed E-state index contributed by atoms with van der Waals surface area (Å²) in [7, 11) is 0. The van der Waals surface area contributed by atoms with Crippen LogP contribution in [0.4, 0.5) is 0 Å². The molecule has 0 saturated carbocycles. The Balaban J connectivity index is 1.68. The molecule has 2 aliphatic rings. The molecule has 0 spiro atoms. The highest BCUT2D eigenvalue weighted by molar-refractivity contribution is 5.79. The third kappa shape index (κ3) is 2.59. The molecule has 5 heteroatoms. The van der Waals surface area contributed by atoms with Crippen LogP contribution in [0.5, 0.6) is 0 Å². The lowest BCUT2D eigenvalue weighted by Crippen LogP contribution is -2.44. The molecular weight excluding hydrogens is 252 g/mol. The Morgan fingerprint density at radius 2 is 2.40 bits per heavy atom. The number of piperidine rings is 1. The number of aromatic nitrogens is 2. The van der Waals surface area contributed by atoms with Gasteiger partial charge < -0.3 is 14.8 Å². The number of hydrogen-bond donors (Lipinski definition) is 1. The van der Waals surface area contributed by atoms with E-state index in [1.807, 2.05) is 6.20 Å². The van der Waals surface area contributed by atoms with E-state index in [4.69, 9.17) is 0 Å². The minimum Gasteiger partial charge on any atom is -0.340 e. The summed E-state index contributed by atoms with van der Waals surface area (Å²) in [4.78, 5) is 19.0. The van der Waals surface area contributed by atoms with E-state index in [0.29, 0.717) is 11.9 Å². The second kappa shape index (κ2) is 5.95. The van der Waals surface area contributed by atoms with E-state index in [2.05, 4.69) is 32.9 Å². The number of amides is 1. The van der Waals surface area contributed by atoms with Crippen molar-refractivity contribution in [3.63, 3.8) is 0 Å². The van der Waals surface area contributed by atoms with Gasteiger partial charge in [0.05, 0.1) is 12.0 Å². The Labute approximate surface area is 120 Å². The molecule has 0 aromatic carbocycles. The average molecular weight is 276 g/mol. The smallest absolute Gasteiger partial charge is 0.227 e. The van der Waals surface area contributed by atoms with Crippen LogP contribution >= 0.6 is 0 Å². The number of imidazole rings is 1. The van der Waals surface area contributed by atoms with Crippen molar-refractivity contribution in [3.05, 3.63) is 18.2 Å². The van der Waals surface area contributed by atoms with Crippen LogP contribution in [0.15, 0.2) is 12.4 Å². The summed E-state index contributed by atoms with van der Waals surface area (Å²) in [5.74, 6) is 1.67. The number of hydrogen-bond acceptors (Lipinski definition) is 3. The largest absolute Gasteiger partial charge is 0.340 e. The lowest BCUT2D eigenvalue weighted by molar-refractivity contribution is -0.136. The van der Waals surface area contributed by atoms with Gasteiger partial charge in [0.15, 0.2) is 0 Å². The first-order chi connectivity index (χ1) is 9.79. The fourth-order valence-electron chi connectivity index (χ4n) is 3.46. The van der Waals surface area contributed by atoms with Crippen molar-refractivity contribution >= 4 is 5.91 Å². The predicted molar refractivity (Wildman–Crippen MR) is 77.4 cm³/mol.